The van der Waals surface area contributed by atoms with E-state index >= 15 is 0 Å². The van der Waals surface area contributed by atoms with Gasteiger partial charge in [-0.3, -0.25) is 9.59 Å². The first-order valence-electron chi connectivity index (χ1n) is 8.26. The summed E-state index contributed by atoms with van der Waals surface area (Å²) >= 11 is 1.32. The quantitative estimate of drug-likeness (QED) is 0.813. The van der Waals surface area contributed by atoms with Gasteiger partial charge in [-0.2, -0.15) is 0 Å². The minimum atomic E-state index is -0.585. The molecule has 1 fully saturated rings. The van der Waals surface area contributed by atoms with Gasteiger partial charge in [-0.25, -0.2) is 4.98 Å². The molecule has 1 aliphatic rings. The van der Waals surface area contributed by atoms with E-state index in [-0.39, 0.29) is 18.2 Å². The van der Waals surface area contributed by atoms with Gasteiger partial charge >= 0.3 is 0 Å². The number of likely N-dealkylation sites (tertiary alicyclic amines) is 1. The molecule has 144 valence electrons. The van der Waals surface area contributed by atoms with Gasteiger partial charge in [-0.15, -0.1) is 11.3 Å². The van der Waals surface area contributed by atoms with E-state index in [9.17, 15) is 9.59 Å². The van der Waals surface area contributed by atoms with E-state index in [4.69, 9.17) is 14.2 Å². The summed E-state index contributed by atoms with van der Waals surface area (Å²) in [6, 6.07) is 3.04. The second-order valence-electron chi connectivity index (χ2n) is 6.01. The fourth-order valence-electron chi connectivity index (χ4n) is 3.37. The minimum Gasteiger partial charge on any atom is -0.493 e. The molecule has 0 saturated carbocycles. The number of rotatable bonds is 6. The van der Waals surface area contributed by atoms with E-state index in [0.717, 1.165) is 0 Å². The van der Waals surface area contributed by atoms with E-state index in [1.165, 1.54) is 32.7 Å². The summed E-state index contributed by atoms with van der Waals surface area (Å²) in [7, 11) is 6.24. The van der Waals surface area contributed by atoms with Gasteiger partial charge in [0.15, 0.2) is 16.6 Å². The smallest absolute Gasteiger partial charge is 0.232 e. The molecule has 2 amide bonds. The van der Waals surface area contributed by atoms with Crippen LogP contribution >= 0.6 is 11.3 Å². The topological polar surface area (TPSA) is 90.0 Å². The molecule has 2 heterocycles. The normalized spacial score (nSPS) is 19.1. The Morgan fingerprint density at radius 2 is 1.96 bits per heavy atom. The van der Waals surface area contributed by atoms with Crippen LogP contribution < -0.4 is 19.5 Å². The number of nitrogens with zero attached hydrogens (tertiary/aromatic N) is 2. The van der Waals surface area contributed by atoms with Crippen molar-refractivity contribution < 1.29 is 23.8 Å². The van der Waals surface area contributed by atoms with Gasteiger partial charge in [0.05, 0.1) is 33.3 Å². The van der Waals surface area contributed by atoms with Gasteiger partial charge in [0.25, 0.3) is 0 Å². The van der Waals surface area contributed by atoms with Crippen molar-refractivity contribution in [3.05, 3.63) is 29.3 Å². The zero-order valence-corrected chi connectivity index (χ0v) is 16.3. The molecule has 0 spiro atoms. The monoisotopic (exact) mass is 391 g/mol. The maximum atomic E-state index is 12.8. The average Bonchev–Trinajstić information content (AvgIpc) is 3.28. The fraction of sp³-hybridized carbons (Fsp3) is 0.389. The van der Waals surface area contributed by atoms with Crippen molar-refractivity contribution in [2.75, 3.05) is 33.7 Å². The van der Waals surface area contributed by atoms with Gasteiger partial charge in [0.2, 0.25) is 17.6 Å². The summed E-state index contributed by atoms with van der Waals surface area (Å²) < 4.78 is 16.3. The highest BCUT2D eigenvalue weighted by Crippen LogP contribution is 2.47. The van der Waals surface area contributed by atoms with Crippen molar-refractivity contribution in [1.29, 1.82) is 0 Å². The number of hydrogen-bond donors (Lipinski definition) is 1. The molecule has 2 aromatic rings. The van der Waals surface area contributed by atoms with Crippen molar-refractivity contribution in [2.24, 2.45) is 5.92 Å². The number of methoxy groups -OCH3 is 3. The van der Waals surface area contributed by atoms with E-state index < -0.39 is 12.0 Å². The number of ether oxygens (including phenoxy) is 3. The summed E-state index contributed by atoms with van der Waals surface area (Å²) in [5, 5.41) is 5.06. The molecule has 0 aliphatic carbocycles. The molecule has 1 aromatic heterocycles. The van der Waals surface area contributed by atoms with Gasteiger partial charge in [0, 0.05) is 30.6 Å². The van der Waals surface area contributed by atoms with Crippen LogP contribution in [0, 0.1) is 5.92 Å². The van der Waals surface area contributed by atoms with Crippen molar-refractivity contribution in [2.45, 2.75) is 12.5 Å². The standard InChI is InChI=1S/C18H21N3O5S/c1-21-13(22)9-11(17(23)20-18-19-7-8-27-18)14(21)10-5-6-12(24-2)16(26-4)15(10)25-3/h5-8,11,14H,9H2,1-4H3,(H,19,20,23). The molecule has 3 rings (SSSR count). The molecule has 27 heavy (non-hydrogen) atoms. The largest absolute Gasteiger partial charge is 0.493 e. The third-order valence-corrected chi connectivity index (χ3v) is 5.33. The Morgan fingerprint density at radius 1 is 1.22 bits per heavy atom. The Labute approximate surface area is 161 Å². The van der Waals surface area contributed by atoms with Crippen molar-refractivity contribution in [1.82, 2.24) is 9.88 Å². The number of aromatic nitrogens is 1. The third kappa shape index (κ3) is 3.42. The first-order valence-corrected chi connectivity index (χ1v) is 9.14. The molecular formula is C18H21N3O5S. The third-order valence-electron chi connectivity index (χ3n) is 4.64. The second kappa shape index (κ2) is 7.83. The van der Waals surface area contributed by atoms with Crippen LogP contribution in [-0.2, 0) is 9.59 Å². The van der Waals surface area contributed by atoms with E-state index in [2.05, 4.69) is 10.3 Å². The molecular weight excluding hydrogens is 370 g/mol. The van der Waals surface area contributed by atoms with Crippen LogP contribution in [0.4, 0.5) is 5.13 Å². The molecule has 1 aliphatic heterocycles. The SMILES string of the molecule is COc1ccc(C2C(C(=O)Nc3nccs3)CC(=O)N2C)c(OC)c1OC. The van der Waals surface area contributed by atoms with Crippen molar-refractivity contribution in [3.63, 3.8) is 0 Å². The lowest BCUT2D eigenvalue weighted by Crippen LogP contribution is -2.30. The number of nitrogens with one attached hydrogen (secondary N) is 1. The summed E-state index contributed by atoms with van der Waals surface area (Å²) in [4.78, 5) is 30.9. The lowest BCUT2D eigenvalue weighted by Gasteiger charge is -2.27. The van der Waals surface area contributed by atoms with Crippen molar-refractivity contribution in [3.8, 4) is 17.2 Å². The zero-order chi connectivity index (χ0) is 19.6. The number of thiazole rings is 1. The molecule has 1 N–H and O–H groups in total. The molecule has 8 nitrogen and oxygen atoms in total. The number of anilines is 1. The summed E-state index contributed by atoms with van der Waals surface area (Å²) in [5.74, 6) is 0.410. The first-order chi connectivity index (χ1) is 13.0. The zero-order valence-electron chi connectivity index (χ0n) is 15.5. The number of carbonyl (C=O) groups is 2. The second-order valence-corrected chi connectivity index (χ2v) is 6.90. The van der Waals surface area contributed by atoms with Crippen LogP contribution in [0.25, 0.3) is 0 Å². The summed E-state index contributed by atoms with van der Waals surface area (Å²) in [6.07, 6.45) is 1.72. The van der Waals surface area contributed by atoms with Crippen LogP contribution in [0.5, 0.6) is 17.2 Å². The number of amides is 2. The van der Waals surface area contributed by atoms with Crippen LogP contribution in [0.2, 0.25) is 0 Å². The van der Waals surface area contributed by atoms with E-state index in [1.54, 1.807) is 35.7 Å². The lowest BCUT2D eigenvalue weighted by molar-refractivity contribution is -0.128. The van der Waals surface area contributed by atoms with E-state index in [1.807, 2.05) is 0 Å². The summed E-state index contributed by atoms with van der Waals surface area (Å²) in [5.41, 5.74) is 0.683. The Kier molecular flexibility index (Phi) is 5.50. The Bertz CT molecular complexity index is 840. The van der Waals surface area contributed by atoms with Gasteiger partial charge in [-0.1, -0.05) is 0 Å². The van der Waals surface area contributed by atoms with Crippen molar-refractivity contribution >= 4 is 28.3 Å². The van der Waals surface area contributed by atoms with Crippen LogP contribution in [0.15, 0.2) is 23.7 Å². The molecule has 9 heteroatoms. The highest BCUT2D eigenvalue weighted by molar-refractivity contribution is 7.13. The number of hydrogen-bond acceptors (Lipinski definition) is 7. The Morgan fingerprint density at radius 3 is 2.56 bits per heavy atom. The highest BCUT2D eigenvalue weighted by atomic mass is 32.1. The highest BCUT2D eigenvalue weighted by Gasteiger charge is 2.44. The molecule has 1 aromatic carbocycles. The maximum Gasteiger partial charge on any atom is 0.232 e. The average molecular weight is 391 g/mol. The molecule has 1 saturated heterocycles. The van der Waals surface area contributed by atoms with Crippen LogP contribution in [0.1, 0.15) is 18.0 Å². The maximum absolute atomic E-state index is 12.8. The van der Waals surface area contributed by atoms with Gasteiger partial charge in [-0.05, 0) is 12.1 Å². The van der Waals surface area contributed by atoms with Crippen LogP contribution in [0.3, 0.4) is 0 Å². The fourth-order valence-corrected chi connectivity index (χ4v) is 3.90. The van der Waals surface area contributed by atoms with Gasteiger partial charge in [0.1, 0.15) is 0 Å². The van der Waals surface area contributed by atoms with E-state index in [0.29, 0.717) is 27.9 Å². The molecule has 0 bridgehead atoms. The first kappa shape index (κ1) is 19.0. The minimum absolute atomic E-state index is 0.107. The Balaban J connectivity index is 2.01. The predicted molar refractivity (Wildman–Crippen MR) is 100 cm³/mol. The number of carbonyl (C=O) groups excluding carboxylic acids is 2. The number of benzene rings is 1. The van der Waals surface area contributed by atoms with Gasteiger partial charge < -0.3 is 24.4 Å². The summed E-state index contributed by atoms with van der Waals surface area (Å²) in [6.45, 7) is 0. The lowest BCUT2D eigenvalue weighted by atomic mass is 9.92. The Hall–Kier alpha value is -2.81. The molecule has 2 unspecified atom stereocenters. The molecule has 2 atom stereocenters. The molecule has 0 radical (unpaired) electrons. The van der Waals surface area contributed by atoms with Crippen LogP contribution in [-0.4, -0.2) is 50.1 Å². The predicted octanol–water partition coefficient (Wildman–Crippen LogP) is 2.33.